The molecule has 1 saturated heterocycles. The lowest BCUT2D eigenvalue weighted by atomic mass is 9.99. The van der Waals surface area contributed by atoms with Crippen molar-refractivity contribution in [2.45, 2.75) is 190 Å². The SMILES string of the molecule is CCC(C)CCCCCCCCCCC(=O)N[C@@H]1C(=O)N[C@@H](CC(=O)O)C(=O)N[C@@H](CO)C(=O)N[C@@H](CO)C(=O)N(C)[C@@H](CC(N)=O)C(=O)N(C)[C@@H](Cc2ccccc2)C(=O)N[C@@H]([C@H](O)CC(N)=O)C(=O)N[C@@H](CCC(=O)O)C(=O)O[C@@H]1C. The van der Waals surface area contributed by atoms with Crippen LogP contribution in [-0.4, -0.2) is 200 Å². The molecule has 0 radical (unpaired) electrons. The number of aliphatic carboxylic acids is 2. The third-order valence-electron chi connectivity index (χ3n) is 14.1. The van der Waals surface area contributed by atoms with E-state index in [4.69, 9.17) is 16.2 Å². The van der Waals surface area contributed by atoms with E-state index in [1.807, 2.05) is 5.32 Å². The normalized spacial score (nSPS) is 23.8. The number of primary amides is 2. The molecule has 1 aliphatic rings. The van der Waals surface area contributed by atoms with Crippen LogP contribution in [0.2, 0.25) is 0 Å². The van der Waals surface area contributed by atoms with Gasteiger partial charge in [0.2, 0.25) is 59.1 Å². The van der Waals surface area contributed by atoms with Gasteiger partial charge in [-0.05, 0) is 31.2 Å². The lowest BCUT2D eigenvalue weighted by molar-refractivity contribution is -0.157. The van der Waals surface area contributed by atoms with Crippen molar-refractivity contribution in [1.82, 2.24) is 41.7 Å². The van der Waals surface area contributed by atoms with Gasteiger partial charge in [0.25, 0.3) is 0 Å². The number of esters is 1. The molecule has 0 bridgehead atoms. The van der Waals surface area contributed by atoms with Gasteiger partial charge < -0.3 is 83.4 Å². The molecule has 11 atom stereocenters. The first kappa shape index (κ1) is 71.3. The molecule has 2 rings (SSSR count). The lowest BCUT2D eigenvalue weighted by Crippen LogP contribution is -2.62. The summed E-state index contributed by atoms with van der Waals surface area (Å²) in [6.45, 7) is 2.96. The number of hydrogen-bond donors (Lipinski definition) is 13. The average molecular weight is 1180 g/mol. The first-order chi connectivity index (χ1) is 39.1. The number of amides is 10. The Labute approximate surface area is 481 Å². The van der Waals surface area contributed by atoms with E-state index in [0.717, 1.165) is 77.3 Å². The van der Waals surface area contributed by atoms with Crippen molar-refractivity contribution in [1.29, 1.82) is 0 Å². The van der Waals surface area contributed by atoms with Crippen LogP contribution in [-0.2, 0) is 73.5 Å². The number of carbonyl (C=O) groups excluding carboxylic acids is 11. The molecule has 29 heteroatoms. The number of carboxylic acid groups (broad SMARTS) is 2. The zero-order valence-corrected chi connectivity index (χ0v) is 47.7. The predicted molar refractivity (Wildman–Crippen MR) is 293 cm³/mol. The molecule has 83 heavy (non-hydrogen) atoms. The van der Waals surface area contributed by atoms with Crippen molar-refractivity contribution < 1.29 is 92.6 Å². The van der Waals surface area contributed by atoms with Gasteiger partial charge in [0.05, 0.1) is 38.6 Å². The molecule has 0 saturated carbocycles. The van der Waals surface area contributed by atoms with Gasteiger partial charge in [0.1, 0.15) is 54.4 Å². The fraction of sp³-hybridized carbons (Fsp3) is 0.648. The molecule has 0 aliphatic carbocycles. The summed E-state index contributed by atoms with van der Waals surface area (Å²) in [7, 11) is 2.01. The van der Waals surface area contributed by atoms with E-state index in [2.05, 4.69) is 40.4 Å². The molecule has 1 aromatic rings. The standard InChI is InChI=1S/C54H84N10O19/c1-6-30(2)18-14-11-9-7-8-10-12-17-21-42(70)61-45-31(3)83-54(82)33(22-23-43(71)72)57-51(79)46(39(67)27-41(56)69)62-49(77)37(24-32-19-15-13-16-20-32)63(4)53(81)38(26-40(55)68)64(5)52(80)36(29-66)60-48(76)35(28-65)59-47(75)34(25-44(73)74)58-50(45)78/h13,15-16,19-20,30-31,33-39,45-46,65-67H,6-12,14,17-18,21-29H2,1-5H3,(H2,55,68)(H2,56,69)(H,57,79)(H,58,78)(H,59,75)(H,60,76)(H,61,70)(H,62,77)(H,71,72)(H,73,74)/t30?,31-,33+,34+,35+,36+,37+,38+,39-,45+,46+/m1/s1. The second kappa shape index (κ2) is 36.6. The summed E-state index contributed by atoms with van der Waals surface area (Å²) >= 11 is 0. The van der Waals surface area contributed by atoms with Crippen molar-refractivity contribution in [3.8, 4) is 0 Å². The van der Waals surface area contributed by atoms with Gasteiger partial charge >= 0.3 is 17.9 Å². The Kier molecular flexibility index (Phi) is 31.5. The van der Waals surface area contributed by atoms with Gasteiger partial charge in [0.15, 0.2) is 0 Å². The highest BCUT2D eigenvalue weighted by Crippen LogP contribution is 2.18. The maximum absolute atomic E-state index is 14.6. The molecule has 1 heterocycles. The maximum Gasteiger partial charge on any atom is 0.329 e. The van der Waals surface area contributed by atoms with Crippen LogP contribution in [0, 0.1) is 5.92 Å². The summed E-state index contributed by atoms with van der Waals surface area (Å²) < 4.78 is 5.57. The second-order valence-electron chi connectivity index (χ2n) is 20.7. The van der Waals surface area contributed by atoms with Gasteiger partial charge in [-0.1, -0.05) is 102 Å². The number of nitrogens with zero attached hydrogens (tertiary/aromatic N) is 2. The van der Waals surface area contributed by atoms with Gasteiger partial charge in [-0.2, -0.15) is 0 Å². The van der Waals surface area contributed by atoms with Crippen LogP contribution < -0.4 is 43.4 Å². The number of likely N-dealkylation sites (N-methyl/N-ethyl adjacent to an activating group) is 2. The number of hydrogen-bond acceptors (Lipinski definition) is 17. The molecule has 0 spiro atoms. The molecule has 1 aliphatic heterocycles. The van der Waals surface area contributed by atoms with E-state index in [9.17, 15) is 87.9 Å². The van der Waals surface area contributed by atoms with E-state index in [-0.39, 0.29) is 6.42 Å². The molecule has 10 amide bonds. The third kappa shape index (κ3) is 25.1. The van der Waals surface area contributed by atoms with Gasteiger partial charge in [-0.3, -0.25) is 57.5 Å². The van der Waals surface area contributed by atoms with E-state index in [1.54, 1.807) is 18.2 Å². The number of aliphatic hydroxyl groups excluding tert-OH is 3. The number of aliphatic hydroxyl groups is 3. The quantitative estimate of drug-likeness (QED) is 0.0311. The molecule has 15 N–H and O–H groups in total. The molecular formula is C54H84N10O19. The highest BCUT2D eigenvalue weighted by atomic mass is 16.5. The smallest absolute Gasteiger partial charge is 0.329 e. The minimum absolute atomic E-state index is 0.182. The number of rotatable bonds is 27. The summed E-state index contributed by atoms with van der Waals surface area (Å²) in [4.78, 5) is 177. The summed E-state index contributed by atoms with van der Waals surface area (Å²) in [5, 5.41) is 64.5. The van der Waals surface area contributed by atoms with Crippen LogP contribution in [0.25, 0.3) is 0 Å². The van der Waals surface area contributed by atoms with Crippen molar-refractivity contribution in [2.75, 3.05) is 27.3 Å². The Morgan fingerprint density at radius 2 is 1.18 bits per heavy atom. The summed E-state index contributed by atoms with van der Waals surface area (Å²) in [5.41, 5.74) is 11.2. The van der Waals surface area contributed by atoms with Crippen LogP contribution in [0.4, 0.5) is 0 Å². The number of cyclic esters (lactones) is 1. The first-order valence-corrected chi connectivity index (χ1v) is 27.6. The number of benzene rings is 1. The number of carboxylic acids is 2. The van der Waals surface area contributed by atoms with Crippen LogP contribution in [0.3, 0.4) is 0 Å². The lowest BCUT2D eigenvalue weighted by Gasteiger charge is -2.36. The second-order valence-corrected chi connectivity index (χ2v) is 20.7. The van der Waals surface area contributed by atoms with Crippen LogP contribution in [0.5, 0.6) is 0 Å². The Morgan fingerprint density at radius 3 is 1.73 bits per heavy atom. The predicted octanol–water partition coefficient (Wildman–Crippen LogP) is -2.88. The zero-order valence-electron chi connectivity index (χ0n) is 47.7. The number of nitrogens with two attached hydrogens (primary N) is 2. The molecule has 464 valence electrons. The summed E-state index contributed by atoms with van der Waals surface area (Å²) in [5.74, 6) is -16.6. The Morgan fingerprint density at radius 1 is 0.639 bits per heavy atom. The van der Waals surface area contributed by atoms with Crippen molar-refractivity contribution in [2.24, 2.45) is 17.4 Å². The Balaban J connectivity index is 2.82. The Hall–Kier alpha value is -7.79. The number of nitrogens with one attached hydrogen (secondary N) is 6. The topological polar surface area (TPSA) is 463 Å². The molecule has 1 aromatic carbocycles. The van der Waals surface area contributed by atoms with Crippen molar-refractivity contribution in [3.63, 3.8) is 0 Å². The largest absolute Gasteiger partial charge is 0.481 e. The van der Waals surface area contributed by atoms with Crippen LogP contribution >= 0.6 is 0 Å². The monoisotopic (exact) mass is 1180 g/mol. The number of unbranched alkanes of at least 4 members (excludes halogenated alkanes) is 7. The van der Waals surface area contributed by atoms with E-state index in [1.165, 1.54) is 12.1 Å². The molecule has 29 nitrogen and oxygen atoms in total. The zero-order chi connectivity index (χ0) is 62.5. The molecule has 1 unspecified atom stereocenters. The fourth-order valence-electron chi connectivity index (χ4n) is 8.89. The first-order valence-electron chi connectivity index (χ1n) is 27.6. The maximum atomic E-state index is 14.6. The highest BCUT2D eigenvalue weighted by Gasteiger charge is 2.42. The van der Waals surface area contributed by atoms with Crippen LogP contribution in [0.1, 0.15) is 129 Å². The summed E-state index contributed by atoms with van der Waals surface area (Å²) in [6.07, 6.45) is -0.294. The Bertz CT molecular complexity index is 2400. The van der Waals surface area contributed by atoms with E-state index in [0.29, 0.717) is 29.2 Å². The molecular weight excluding hydrogens is 1090 g/mol. The van der Waals surface area contributed by atoms with Gasteiger partial charge in [0, 0.05) is 33.4 Å². The highest BCUT2D eigenvalue weighted by molar-refractivity contribution is 6.00. The summed E-state index contributed by atoms with van der Waals surface area (Å²) in [6, 6.07) is -8.39. The third-order valence-corrected chi connectivity index (χ3v) is 14.1. The van der Waals surface area contributed by atoms with Gasteiger partial charge in [-0.15, -0.1) is 0 Å². The van der Waals surface area contributed by atoms with Crippen LogP contribution in [0.15, 0.2) is 30.3 Å². The number of carbonyl (C=O) groups is 13. The average Bonchev–Trinajstić information content (AvgIpc) is 3.43. The van der Waals surface area contributed by atoms with Crippen molar-refractivity contribution in [3.05, 3.63) is 35.9 Å². The minimum Gasteiger partial charge on any atom is -0.481 e. The fourth-order valence-corrected chi connectivity index (χ4v) is 8.89. The van der Waals surface area contributed by atoms with E-state index < -0.39 is 189 Å². The van der Waals surface area contributed by atoms with E-state index >= 15 is 0 Å². The number of ether oxygens (including phenoxy) is 1. The molecule has 1 fully saturated rings. The van der Waals surface area contributed by atoms with Crippen molar-refractivity contribution >= 4 is 77.0 Å². The minimum atomic E-state index is -2.26. The van der Waals surface area contributed by atoms with Gasteiger partial charge in [-0.25, -0.2) is 4.79 Å². The molecule has 0 aromatic heterocycles.